The minimum absolute atomic E-state index is 0.0960. The van der Waals surface area contributed by atoms with Crippen LogP contribution < -0.4 is 5.32 Å². The quantitative estimate of drug-likeness (QED) is 0.656. The van der Waals surface area contributed by atoms with Crippen LogP contribution in [0.2, 0.25) is 5.02 Å². The number of rotatable bonds is 4. The van der Waals surface area contributed by atoms with Gasteiger partial charge >= 0.3 is 0 Å². The molecule has 2 rings (SSSR count). The molecule has 0 bridgehead atoms. The van der Waals surface area contributed by atoms with Crippen molar-refractivity contribution in [3.8, 4) is 5.75 Å². The second kappa shape index (κ2) is 6.01. The summed E-state index contributed by atoms with van der Waals surface area (Å²) in [5.74, 6) is 0.117. The van der Waals surface area contributed by atoms with Crippen LogP contribution in [0.25, 0.3) is 0 Å². The van der Waals surface area contributed by atoms with Gasteiger partial charge in [0.1, 0.15) is 5.75 Å². The summed E-state index contributed by atoms with van der Waals surface area (Å²) in [6.45, 7) is 3.82. The molecule has 110 valence electrons. The lowest BCUT2D eigenvalue weighted by molar-refractivity contribution is -0.385. The Labute approximate surface area is 127 Å². The predicted octanol–water partition coefficient (Wildman–Crippen LogP) is 4.18. The molecule has 2 N–H and O–H groups in total. The van der Waals surface area contributed by atoms with Gasteiger partial charge in [-0.2, -0.15) is 0 Å². The fourth-order valence-corrected chi connectivity index (χ4v) is 2.33. The normalized spacial score (nSPS) is 10.4. The summed E-state index contributed by atoms with van der Waals surface area (Å²) in [7, 11) is 0. The molecule has 0 saturated carbocycles. The van der Waals surface area contributed by atoms with Crippen molar-refractivity contribution >= 4 is 23.0 Å². The van der Waals surface area contributed by atoms with Gasteiger partial charge in [-0.1, -0.05) is 17.7 Å². The van der Waals surface area contributed by atoms with Gasteiger partial charge in [-0.25, -0.2) is 0 Å². The molecule has 21 heavy (non-hydrogen) atoms. The summed E-state index contributed by atoms with van der Waals surface area (Å²) in [5.41, 5.74) is 2.81. The van der Waals surface area contributed by atoms with Crippen molar-refractivity contribution in [2.24, 2.45) is 0 Å². The van der Waals surface area contributed by atoms with Gasteiger partial charge in [0.15, 0.2) is 0 Å². The molecule has 0 aromatic heterocycles. The van der Waals surface area contributed by atoms with Crippen molar-refractivity contribution in [1.82, 2.24) is 0 Å². The molecule has 0 aliphatic heterocycles. The monoisotopic (exact) mass is 306 g/mol. The third-order valence-electron chi connectivity index (χ3n) is 3.29. The molecular weight excluding hydrogens is 292 g/mol. The van der Waals surface area contributed by atoms with E-state index in [0.29, 0.717) is 22.7 Å². The number of nitrogens with one attached hydrogen (secondary N) is 1. The van der Waals surface area contributed by atoms with Gasteiger partial charge < -0.3 is 10.4 Å². The molecule has 5 nitrogen and oxygen atoms in total. The van der Waals surface area contributed by atoms with Crippen LogP contribution in [0.1, 0.15) is 16.7 Å². The number of anilines is 1. The minimum atomic E-state index is -0.397. The molecule has 0 saturated heterocycles. The highest BCUT2D eigenvalue weighted by Crippen LogP contribution is 2.29. The summed E-state index contributed by atoms with van der Waals surface area (Å²) in [6.07, 6.45) is 0. The average molecular weight is 307 g/mol. The van der Waals surface area contributed by atoms with Crippen molar-refractivity contribution in [2.75, 3.05) is 5.32 Å². The van der Waals surface area contributed by atoms with Crippen molar-refractivity contribution in [3.05, 3.63) is 62.2 Å². The Kier molecular flexibility index (Phi) is 4.33. The van der Waals surface area contributed by atoms with Crippen LogP contribution in [0, 0.1) is 24.0 Å². The number of aromatic hydroxyl groups is 1. The Hall–Kier alpha value is -2.27. The zero-order chi connectivity index (χ0) is 15.6. The lowest BCUT2D eigenvalue weighted by Crippen LogP contribution is -2.03. The highest BCUT2D eigenvalue weighted by molar-refractivity contribution is 6.31. The van der Waals surface area contributed by atoms with Crippen molar-refractivity contribution < 1.29 is 10.0 Å². The molecule has 0 aliphatic carbocycles. The third-order valence-corrected chi connectivity index (χ3v) is 3.64. The van der Waals surface area contributed by atoms with Gasteiger partial charge in [0.05, 0.1) is 4.92 Å². The highest BCUT2D eigenvalue weighted by Gasteiger charge is 2.14. The Morgan fingerprint density at radius 2 is 2.00 bits per heavy atom. The first-order chi connectivity index (χ1) is 9.90. The zero-order valence-electron chi connectivity index (χ0n) is 11.7. The maximum Gasteiger partial charge on any atom is 0.272 e. The number of nitrogens with zero attached hydrogens (tertiary/aromatic N) is 1. The fourth-order valence-electron chi connectivity index (χ4n) is 2.09. The van der Waals surface area contributed by atoms with E-state index < -0.39 is 4.92 Å². The Bertz CT molecular complexity index is 681. The third kappa shape index (κ3) is 3.25. The van der Waals surface area contributed by atoms with Gasteiger partial charge in [0, 0.05) is 34.4 Å². The van der Waals surface area contributed by atoms with Crippen LogP contribution in [-0.4, -0.2) is 10.0 Å². The van der Waals surface area contributed by atoms with Gasteiger partial charge in [-0.3, -0.25) is 10.1 Å². The molecule has 6 heteroatoms. The number of nitro benzene ring substituents is 1. The number of halogens is 1. The first-order valence-corrected chi connectivity index (χ1v) is 6.74. The van der Waals surface area contributed by atoms with E-state index in [1.165, 1.54) is 6.07 Å². The maximum atomic E-state index is 10.9. The van der Waals surface area contributed by atoms with Crippen molar-refractivity contribution in [3.63, 3.8) is 0 Å². The lowest BCUT2D eigenvalue weighted by atomic mass is 10.1. The molecule has 0 amide bonds. The topological polar surface area (TPSA) is 75.4 Å². The van der Waals surface area contributed by atoms with Crippen LogP contribution in [0.15, 0.2) is 30.3 Å². The number of phenolic OH excluding ortho intramolecular Hbond substituents is 1. The molecule has 2 aromatic carbocycles. The van der Waals surface area contributed by atoms with E-state index in [1.807, 2.05) is 0 Å². The summed E-state index contributed by atoms with van der Waals surface area (Å²) >= 11 is 6.04. The molecule has 0 fully saturated rings. The molecule has 2 aromatic rings. The number of phenols is 1. The number of nitro groups is 1. The van der Waals surface area contributed by atoms with Gasteiger partial charge in [0.25, 0.3) is 5.69 Å². The van der Waals surface area contributed by atoms with Gasteiger partial charge in [-0.15, -0.1) is 0 Å². The van der Waals surface area contributed by atoms with Crippen LogP contribution >= 0.6 is 11.6 Å². The van der Waals surface area contributed by atoms with E-state index in [-0.39, 0.29) is 11.4 Å². The smallest absolute Gasteiger partial charge is 0.272 e. The van der Waals surface area contributed by atoms with E-state index in [1.54, 1.807) is 38.1 Å². The fraction of sp³-hybridized carbons (Fsp3) is 0.200. The first-order valence-electron chi connectivity index (χ1n) is 6.36. The Morgan fingerprint density at radius 3 is 2.62 bits per heavy atom. The summed E-state index contributed by atoms with van der Waals surface area (Å²) < 4.78 is 0. The van der Waals surface area contributed by atoms with E-state index in [0.717, 1.165) is 11.3 Å². The average Bonchev–Trinajstić information content (AvgIpc) is 2.41. The zero-order valence-corrected chi connectivity index (χ0v) is 12.4. The highest BCUT2D eigenvalue weighted by atomic mass is 35.5. The molecule has 0 atom stereocenters. The van der Waals surface area contributed by atoms with Crippen molar-refractivity contribution in [1.29, 1.82) is 0 Å². The summed E-state index contributed by atoms with van der Waals surface area (Å²) in [6, 6.07) is 8.19. The molecule has 0 unspecified atom stereocenters. The van der Waals surface area contributed by atoms with E-state index in [9.17, 15) is 15.2 Å². The summed E-state index contributed by atoms with van der Waals surface area (Å²) in [5, 5.41) is 24.3. The molecule has 0 aliphatic rings. The first kappa shape index (κ1) is 15.1. The number of hydrogen-bond donors (Lipinski definition) is 2. The molecule has 0 heterocycles. The SMILES string of the molecule is Cc1cc([N+](=O)[O-])c(C)cc1NCc1c(O)cccc1Cl. The van der Waals surface area contributed by atoms with Gasteiger partial charge in [-0.05, 0) is 37.6 Å². The molecule has 0 spiro atoms. The second-order valence-corrected chi connectivity index (χ2v) is 5.21. The van der Waals surface area contributed by atoms with Crippen LogP contribution in [-0.2, 0) is 6.54 Å². The predicted molar refractivity (Wildman–Crippen MR) is 83.0 cm³/mol. The second-order valence-electron chi connectivity index (χ2n) is 4.80. The number of hydrogen-bond acceptors (Lipinski definition) is 4. The van der Waals surface area contributed by atoms with E-state index in [2.05, 4.69) is 5.32 Å². The van der Waals surface area contributed by atoms with Gasteiger partial charge in [0.2, 0.25) is 0 Å². The van der Waals surface area contributed by atoms with E-state index >= 15 is 0 Å². The Balaban J connectivity index is 2.25. The minimum Gasteiger partial charge on any atom is -0.508 e. The number of benzene rings is 2. The van der Waals surface area contributed by atoms with Crippen LogP contribution in [0.4, 0.5) is 11.4 Å². The Morgan fingerprint density at radius 1 is 1.29 bits per heavy atom. The molecule has 0 radical (unpaired) electrons. The molecular formula is C15H15ClN2O3. The largest absolute Gasteiger partial charge is 0.508 e. The maximum absolute atomic E-state index is 10.9. The standard InChI is InChI=1S/C15H15ClN2O3/c1-9-7-14(18(20)21)10(2)6-13(9)17-8-11-12(16)4-3-5-15(11)19/h3-7,17,19H,8H2,1-2H3. The number of aryl methyl sites for hydroxylation is 2. The van der Waals surface area contributed by atoms with E-state index in [4.69, 9.17) is 11.6 Å². The summed E-state index contributed by atoms with van der Waals surface area (Å²) in [4.78, 5) is 10.5. The van der Waals surface area contributed by atoms with Crippen molar-refractivity contribution in [2.45, 2.75) is 20.4 Å². The van der Waals surface area contributed by atoms with Crippen LogP contribution in [0.3, 0.4) is 0 Å². The van der Waals surface area contributed by atoms with Crippen LogP contribution in [0.5, 0.6) is 5.75 Å². The lowest BCUT2D eigenvalue weighted by Gasteiger charge is -2.13.